The van der Waals surface area contributed by atoms with Crippen LogP contribution in [0.25, 0.3) is 0 Å². The van der Waals surface area contributed by atoms with Gasteiger partial charge in [-0.3, -0.25) is 9.69 Å². The third kappa shape index (κ3) is 2.70. The zero-order chi connectivity index (χ0) is 11.4. The highest BCUT2D eigenvalue weighted by Gasteiger charge is 2.22. The van der Waals surface area contributed by atoms with Gasteiger partial charge in [-0.2, -0.15) is 0 Å². The van der Waals surface area contributed by atoms with Crippen molar-refractivity contribution in [1.82, 2.24) is 4.90 Å². The van der Waals surface area contributed by atoms with Gasteiger partial charge in [0.15, 0.2) is 0 Å². The number of hydrogen-bond donors (Lipinski definition) is 1. The Morgan fingerprint density at radius 2 is 2.13 bits per heavy atom. The minimum Gasteiger partial charge on any atom is -0.497 e. The zero-order valence-corrected chi connectivity index (χ0v) is 9.10. The van der Waals surface area contributed by atoms with Crippen molar-refractivity contribution in [2.24, 2.45) is 0 Å². The van der Waals surface area contributed by atoms with Crippen molar-refractivity contribution in [1.29, 1.82) is 0 Å². The predicted molar refractivity (Wildman–Crippen MR) is 57.1 cm³/mol. The fourth-order valence-electron chi connectivity index (χ4n) is 1.47. The molecule has 1 aromatic carbocycles. The van der Waals surface area contributed by atoms with E-state index in [4.69, 9.17) is 9.84 Å². The molecule has 0 aliphatic carbocycles. The van der Waals surface area contributed by atoms with E-state index in [0.717, 1.165) is 0 Å². The first-order chi connectivity index (χ1) is 7.06. The zero-order valence-electron chi connectivity index (χ0n) is 9.10. The summed E-state index contributed by atoms with van der Waals surface area (Å²) in [6, 6.07) is 6.45. The van der Waals surface area contributed by atoms with Crippen LogP contribution in [-0.4, -0.2) is 37.2 Å². The van der Waals surface area contributed by atoms with Crippen LogP contribution >= 0.6 is 0 Å². The Morgan fingerprint density at radius 3 is 2.60 bits per heavy atom. The molecule has 0 saturated heterocycles. The largest absolute Gasteiger partial charge is 0.497 e. The Labute approximate surface area is 89.1 Å². The summed E-state index contributed by atoms with van der Waals surface area (Å²) >= 11 is 0. The number of nitrogens with zero attached hydrogens (tertiary/aromatic N) is 1. The second-order valence-corrected chi connectivity index (χ2v) is 3.48. The molecule has 0 bridgehead atoms. The SMILES string of the molecule is COc1cccc([C@H](C(=O)O)N(C)C)c1. The molecular weight excluding hydrogens is 194 g/mol. The molecule has 0 amide bonds. The van der Waals surface area contributed by atoms with Crippen LogP contribution in [0.5, 0.6) is 5.75 Å². The lowest BCUT2D eigenvalue weighted by atomic mass is 10.1. The topological polar surface area (TPSA) is 49.8 Å². The molecule has 1 N–H and O–H groups in total. The van der Waals surface area contributed by atoms with Gasteiger partial charge in [-0.05, 0) is 31.8 Å². The Morgan fingerprint density at radius 1 is 1.47 bits per heavy atom. The number of methoxy groups -OCH3 is 1. The van der Waals surface area contributed by atoms with Crippen LogP contribution in [0.3, 0.4) is 0 Å². The van der Waals surface area contributed by atoms with Gasteiger partial charge in [0.1, 0.15) is 11.8 Å². The minimum absolute atomic E-state index is 0.639. The number of aliphatic carboxylic acids is 1. The van der Waals surface area contributed by atoms with Gasteiger partial charge < -0.3 is 9.84 Å². The van der Waals surface area contributed by atoms with Crippen molar-refractivity contribution in [2.75, 3.05) is 21.2 Å². The number of ether oxygens (including phenoxy) is 1. The second-order valence-electron chi connectivity index (χ2n) is 3.48. The molecule has 0 saturated carbocycles. The van der Waals surface area contributed by atoms with Crippen molar-refractivity contribution in [3.8, 4) is 5.75 Å². The molecule has 4 heteroatoms. The number of benzene rings is 1. The fraction of sp³-hybridized carbons (Fsp3) is 0.364. The number of carboxylic acid groups (broad SMARTS) is 1. The van der Waals surface area contributed by atoms with E-state index < -0.39 is 12.0 Å². The lowest BCUT2D eigenvalue weighted by Gasteiger charge is -2.20. The maximum atomic E-state index is 11.1. The first-order valence-corrected chi connectivity index (χ1v) is 4.59. The summed E-state index contributed by atoms with van der Waals surface area (Å²) in [4.78, 5) is 12.7. The average molecular weight is 209 g/mol. The quantitative estimate of drug-likeness (QED) is 0.814. The summed E-state index contributed by atoms with van der Waals surface area (Å²) < 4.78 is 5.05. The summed E-state index contributed by atoms with van der Waals surface area (Å²) in [7, 11) is 5.03. The molecule has 0 heterocycles. The molecule has 1 rings (SSSR count). The van der Waals surface area contributed by atoms with Crippen LogP contribution in [-0.2, 0) is 4.79 Å². The van der Waals surface area contributed by atoms with E-state index in [1.165, 1.54) is 0 Å². The third-order valence-electron chi connectivity index (χ3n) is 2.16. The van der Waals surface area contributed by atoms with Crippen LogP contribution in [0.4, 0.5) is 0 Å². The lowest BCUT2D eigenvalue weighted by molar-refractivity contribution is -0.142. The first-order valence-electron chi connectivity index (χ1n) is 4.59. The molecule has 82 valence electrons. The molecular formula is C11H15NO3. The third-order valence-corrected chi connectivity index (χ3v) is 2.16. The molecule has 15 heavy (non-hydrogen) atoms. The highest BCUT2D eigenvalue weighted by Crippen LogP contribution is 2.22. The van der Waals surface area contributed by atoms with Gasteiger partial charge in [0, 0.05) is 0 Å². The Bertz CT molecular complexity index is 349. The number of rotatable bonds is 4. The summed E-state index contributed by atoms with van der Waals surface area (Å²) in [5.41, 5.74) is 0.715. The molecule has 4 nitrogen and oxygen atoms in total. The normalized spacial score (nSPS) is 12.5. The summed E-state index contributed by atoms with van der Waals surface area (Å²) in [6.07, 6.45) is 0. The van der Waals surface area contributed by atoms with Crippen LogP contribution in [0.15, 0.2) is 24.3 Å². The minimum atomic E-state index is -0.867. The monoisotopic (exact) mass is 209 g/mol. The van der Waals surface area contributed by atoms with Crippen molar-refractivity contribution >= 4 is 5.97 Å². The molecule has 1 atom stereocenters. The standard InChI is InChI=1S/C11H15NO3/c1-12(2)10(11(13)14)8-5-4-6-9(7-8)15-3/h4-7,10H,1-3H3,(H,13,14)/t10-/m1/s1. The highest BCUT2D eigenvalue weighted by atomic mass is 16.5. The van der Waals surface area contributed by atoms with Gasteiger partial charge >= 0.3 is 5.97 Å². The maximum Gasteiger partial charge on any atom is 0.325 e. The van der Waals surface area contributed by atoms with E-state index in [-0.39, 0.29) is 0 Å². The summed E-state index contributed by atoms with van der Waals surface area (Å²) in [5.74, 6) is -0.200. The van der Waals surface area contributed by atoms with Gasteiger partial charge in [-0.15, -0.1) is 0 Å². The van der Waals surface area contributed by atoms with Crippen LogP contribution in [0.2, 0.25) is 0 Å². The molecule has 0 unspecified atom stereocenters. The molecule has 0 aliphatic rings. The van der Waals surface area contributed by atoms with E-state index >= 15 is 0 Å². The van der Waals surface area contributed by atoms with Gasteiger partial charge in [0.05, 0.1) is 7.11 Å². The molecule has 0 radical (unpaired) electrons. The first kappa shape index (κ1) is 11.5. The van der Waals surface area contributed by atoms with E-state index in [1.807, 2.05) is 0 Å². The Hall–Kier alpha value is -1.55. The second kappa shape index (κ2) is 4.79. The van der Waals surface area contributed by atoms with Crippen LogP contribution in [0, 0.1) is 0 Å². The van der Waals surface area contributed by atoms with Gasteiger partial charge in [-0.25, -0.2) is 0 Å². The van der Waals surface area contributed by atoms with E-state index in [2.05, 4.69) is 0 Å². The van der Waals surface area contributed by atoms with Gasteiger partial charge in [-0.1, -0.05) is 12.1 Å². The molecule has 0 aromatic heterocycles. The van der Waals surface area contributed by atoms with Gasteiger partial charge in [0.2, 0.25) is 0 Å². The summed E-state index contributed by atoms with van der Waals surface area (Å²) in [6.45, 7) is 0. The molecule has 0 spiro atoms. The van der Waals surface area contributed by atoms with Crippen molar-refractivity contribution < 1.29 is 14.6 Å². The highest BCUT2D eigenvalue weighted by molar-refractivity contribution is 5.75. The maximum absolute atomic E-state index is 11.1. The van der Waals surface area contributed by atoms with E-state index in [0.29, 0.717) is 11.3 Å². The Balaban J connectivity index is 3.05. The van der Waals surface area contributed by atoms with Gasteiger partial charge in [0.25, 0.3) is 0 Å². The number of likely N-dealkylation sites (N-methyl/N-ethyl adjacent to an activating group) is 1. The Kier molecular flexibility index (Phi) is 3.68. The van der Waals surface area contributed by atoms with Crippen LogP contribution < -0.4 is 4.74 Å². The molecule has 0 aliphatic heterocycles. The fourth-order valence-corrected chi connectivity index (χ4v) is 1.47. The van der Waals surface area contributed by atoms with E-state index in [9.17, 15) is 4.79 Å². The number of carbonyl (C=O) groups is 1. The van der Waals surface area contributed by atoms with Crippen molar-refractivity contribution in [2.45, 2.75) is 6.04 Å². The summed E-state index contributed by atoms with van der Waals surface area (Å²) in [5, 5.41) is 9.08. The molecule has 0 fully saturated rings. The van der Waals surface area contributed by atoms with E-state index in [1.54, 1.807) is 50.4 Å². The molecule has 1 aromatic rings. The van der Waals surface area contributed by atoms with Crippen molar-refractivity contribution in [3.63, 3.8) is 0 Å². The van der Waals surface area contributed by atoms with Crippen molar-refractivity contribution in [3.05, 3.63) is 29.8 Å². The average Bonchev–Trinajstić information content (AvgIpc) is 2.17. The lowest BCUT2D eigenvalue weighted by Crippen LogP contribution is -2.27. The predicted octanol–water partition coefficient (Wildman–Crippen LogP) is 1.38. The number of carboxylic acids is 1. The van der Waals surface area contributed by atoms with Crippen LogP contribution in [0.1, 0.15) is 11.6 Å². The smallest absolute Gasteiger partial charge is 0.325 e. The number of hydrogen-bond acceptors (Lipinski definition) is 3.